The smallest absolute Gasteiger partial charge is 0.319 e. The van der Waals surface area contributed by atoms with E-state index in [1.165, 1.54) is 0 Å². The van der Waals surface area contributed by atoms with Crippen LogP contribution in [0, 0.1) is 6.92 Å². The van der Waals surface area contributed by atoms with Gasteiger partial charge in [0.15, 0.2) is 0 Å². The summed E-state index contributed by atoms with van der Waals surface area (Å²) in [6.07, 6.45) is 0.900. The topological polar surface area (TPSA) is 109 Å². The van der Waals surface area contributed by atoms with Crippen molar-refractivity contribution < 1.29 is 14.0 Å². The number of nitrogens with one attached hydrogen (secondary N) is 3. The molecule has 0 aliphatic rings. The van der Waals surface area contributed by atoms with Crippen molar-refractivity contribution in [1.29, 1.82) is 0 Å². The zero-order valence-electron chi connectivity index (χ0n) is 13.0. The molecule has 2 rings (SSSR count). The standard InChI is InChI=1S/C15H19N5O3/c1-10-19-20-14(23-10)9-17-15(22)18-12-6-4-3-5-11(12)7-8-13(21)16-2/h3-6H,7-9H2,1-2H3,(H,16,21)(H2,17,18,22). The molecule has 0 radical (unpaired) electrons. The molecule has 0 fully saturated rings. The van der Waals surface area contributed by atoms with Crippen molar-refractivity contribution in [3.05, 3.63) is 41.6 Å². The van der Waals surface area contributed by atoms with E-state index in [1.807, 2.05) is 18.2 Å². The summed E-state index contributed by atoms with van der Waals surface area (Å²) in [5.41, 5.74) is 1.55. The second kappa shape index (κ2) is 7.92. The lowest BCUT2D eigenvalue weighted by molar-refractivity contribution is -0.120. The number of hydrogen-bond acceptors (Lipinski definition) is 5. The predicted octanol–water partition coefficient (Wildman–Crippen LogP) is 1.38. The second-order valence-electron chi connectivity index (χ2n) is 4.85. The maximum Gasteiger partial charge on any atom is 0.319 e. The number of carbonyl (C=O) groups excluding carboxylic acids is 2. The number of nitrogens with zero attached hydrogens (tertiary/aromatic N) is 2. The van der Waals surface area contributed by atoms with Gasteiger partial charge in [-0.2, -0.15) is 0 Å². The highest BCUT2D eigenvalue weighted by molar-refractivity contribution is 5.90. The Bertz CT molecular complexity index is 683. The van der Waals surface area contributed by atoms with Crippen LogP contribution in [-0.2, 0) is 17.8 Å². The molecule has 0 saturated carbocycles. The molecule has 1 aromatic carbocycles. The minimum absolute atomic E-state index is 0.0454. The van der Waals surface area contributed by atoms with Crippen LogP contribution in [0.5, 0.6) is 0 Å². The molecular formula is C15H19N5O3. The van der Waals surface area contributed by atoms with Crippen molar-refractivity contribution in [2.45, 2.75) is 26.3 Å². The fourth-order valence-corrected chi connectivity index (χ4v) is 1.96. The van der Waals surface area contributed by atoms with Crippen LogP contribution in [-0.4, -0.2) is 29.2 Å². The third-order valence-electron chi connectivity index (χ3n) is 3.13. The number of anilines is 1. The Balaban J connectivity index is 1.90. The van der Waals surface area contributed by atoms with Gasteiger partial charge in [-0.05, 0) is 18.1 Å². The van der Waals surface area contributed by atoms with Crippen LogP contribution < -0.4 is 16.0 Å². The molecular weight excluding hydrogens is 298 g/mol. The lowest BCUT2D eigenvalue weighted by Crippen LogP contribution is -2.28. The lowest BCUT2D eigenvalue weighted by Gasteiger charge is -2.11. The SMILES string of the molecule is CNC(=O)CCc1ccccc1NC(=O)NCc1nnc(C)o1. The molecule has 0 spiro atoms. The van der Waals surface area contributed by atoms with Crippen molar-refractivity contribution in [3.8, 4) is 0 Å². The maximum atomic E-state index is 11.9. The second-order valence-corrected chi connectivity index (χ2v) is 4.85. The van der Waals surface area contributed by atoms with Gasteiger partial charge in [-0.25, -0.2) is 4.79 Å². The zero-order chi connectivity index (χ0) is 16.7. The number of hydrogen-bond donors (Lipinski definition) is 3. The summed E-state index contributed by atoms with van der Waals surface area (Å²) in [5, 5.41) is 15.5. The van der Waals surface area contributed by atoms with E-state index in [0.29, 0.717) is 30.3 Å². The van der Waals surface area contributed by atoms with Crippen LogP contribution >= 0.6 is 0 Å². The molecule has 0 aliphatic carbocycles. The first-order valence-corrected chi connectivity index (χ1v) is 7.21. The molecule has 0 bridgehead atoms. The molecule has 8 nitrogen and oxygen atoms in total. The van der Waals surface area contributed by atoms with Gasteiger partial charge in [0.1, 0.15) is 0 Å². The summed E-state index contributed by atoms with van der Waals surface area (Å²) in [4.78, 5) is 23.3. The van der Waals surface area contributed by atoms with E-state index >= 15 is 0 Å². The molecule has 2 aromatic rings. The van der Waals surface area contributed by atoms with E-state index in [-0.39, 0.29) is 18.5 Å². The van der Waals surface area contributed by atoms with Crippen molar-refractivity contribution >= 4 is 17.6 Å². The average Bonchev–Trinajstić information content (AvgIpc) is 2.97. The van der Waals surface area contributed by atoms with E-state index in [4.69, 9.17) is 4.42 Å². The molecule has 0 atom stereocenters. The van der Waals surface area contributed by atoms with E-state index in [2.05, 4.69) is 26.1 Å². The van der Waals surface area contributed by atoms with Crippen molar-refractivity contribution in [2.24, 2.45) is 0 Å². The van der Waals surface area contributed by atoms with Crippen molar-refractivity contribution in [2.75, 3.05) is 12.4 Å². The molecule has 3 amide bonds. The van der Waals surface area contributed by atoms with Gasteiger partial charge in [0, 0.05) is 26.1 Å². The molecule has 1 heterocycles. The summed E-state index contributed by atoms with van der Waals surface area (Å²) in [7, 11) is 1.60. The molecule has 0 aliphatic heterocycles. The summed E-state index contributed by atoms with van der Waals surface area (Å²) in [6, 6.07) is 6.97. The lowest BCUT2D eigenvalue weighted by atomic mass is 10.1. The zero-order valence-corrected chi connectivity index (χ0v) is 13.0. The van der Waals surface area contributed by atoms with Gasteiger partial charge >= 0.3 is 6.03 Å². The quantitative estimate of drug-likeness (QED) is 0.745. The largest absolute Gasteiger partial charge is 0.424 e. The van der Waals surface area contributed by atoms with E-state index < -0.39 is 0 Å². The number of aryl methyl sites for hydroxylation is 2. The van der Waals surface area contributed by atoms with Crippen molar-refractivity contribution in [3.63, 3.8) is 0 Å². The van der Waals surface area contributed by atoms with Crippen molar-refractivity contribution in [1.82, 2.24) is 20.8 Å². The van der Waals surface area contributed by atoms with Gasteiger partial charge < -0.3 is 20.4 Å². The van der Waals surface area contributed by atoms with Crippen LogP contribution in [0.2, 0.25) is 0 Å². The Morgan fingerprint density at radius 2 is 2.00 bits per heavy atom. The monoisotopic (exact) mass is 317 g/mol. The average molecular weight is 317 g/mol. The first-order valence-electron chi connectivity index (χ1n) is 7.21. The first-order chi connectivity index (χ1) is 11.1. The van der Waals surface area contributed by atoms with Gasteiger partial charge in [-0.15, -0.1) is 10.2 Å². The Morgan fingerprint density at radius 1 is 1.22 bits per heavy atom. The van der Waals surface area contributed by atoms with Crippen LogP contribution in [0.1, 0.15) is 23.8 Å². The third-order valence-corrected chi connectivity index (χ3v) is 3.13. The summed E-state index contributed by atoms with van der Waals surface area (Å²) < 4.78 is 5.18. The normalized spacial score (nSPS) is 10.2. The number of benzene rings is 1. The van der Waals surface area contributed by atoms with Gasteiger partial charge in [0.05, 0.1) is 6.54 Å². The van der Waals surface area contributed by atoms with Gasteiger partial charge in [-0.1, -0.05) is 18.2 Å². The van der Waals surface area contributed by atoms with Crippen LogP contribution in [0.4, 0.5) is 10.5 Å². The molecule has 0 unspecified atom stereocenters. The summed E-state index contributed by atoms with van der Waals surface area (Å²) in [5.74, 6) is 0.739. The highest BCUT2D eigenvalue weighted by Gasteiger charge is 2.09. The van der Waals surface area contributed by atoms with Gasteiger partial charge in [0.2, 0.25) is 17.7 Å². The minimum atomic E-state index is -0.381. The number of aromatic nitrogens is 2. The first kappa shape index (κ1) is 16.5. The molecule has 0 saturated heterocycles. The maximum absolute atomic E-state index is 11.9. The molecule has 3 N–H and O–H groups in total. The number of urea groups is 1. The Labute approximate surface area is 133 Å². The third kappa shape index (κ3) is 5.10. The number of amides is 3. The Morgan fingerprint density at radius 3 is 2.70 bits per heavy atom. The summed E-state index contributed by atoms with van der Waals surface area (Å²) >= 11 is 0. The van der Waals surface area contributed by atoms with Crippen LogP contribution in [0.25, 0.3) is 0 Å². The highest BCUT2D eigenvalue weighted by atomic mass is 16.4. The molecule has 1 aromatic heterocycles. The van der Waals surface area contributed by atoms with Crippen LogP contribution in [0.3, 0.4) is 0 Å². The number of rotatable bonds is 6. The summed E-state index contributed by atoms with van der Waals surface area (Å²) in [6.45, 7) is 1.83. The molecule has 8 heteroatoms. The molecule has 23 heavy (non-hydrogen) atoms. The number of carbonyl (C=O) groups is 2. The van der Waals surface area contributed by atoms with E-state index in [9.17, 15) is 9.59 Å². The highest BCUT2D eigenvalue weighted by Crippen LogP contribution is 2.16. The Hall–Kier alpha value is -2.90. The van der Waals surface area contributed by atoms with E-state index in [0.717, 1.165) is 5.56 Å². The van der Waals surface area contributed by atoms with Gasteiger partial charge in [-0.3, -0.25) is 4.79 Å². The molecule has 122 valence electrons. The number of para-hydroxylation sites is 1. The van der Waals surface area contributed by atoms with E-state index in [1.54, 1.807) is 20.0 Å². The van der Waals surface area contributed by atoms with Gasteiger partial charge in [0.25, 0.3) is 0 Å². The fraction of sp³-hybridized carbons (Fsp3) is 0.333. The Kier molecular flexibility index (Phi) is 5.67. The fourth-order valence-electron chi connectivity index (χ4n) is 1.96. The van der Waals surface area contributed by atoms with Crippen LogP contribution in [0.15, 0.2) is 28.7 Å². The predicted molar refractivity (Wildman–Crippen MR) is 83.7 cm³/mol. The minimum Gasteiger partial charge on any atom is -0.424 e.